The maximum absolute atomic E-state index is 12.0. The number of nitrogens with one attached hydrogen (secondary N) is 3. The number of carbonyl (C=O) groups excluding carboxylic acids is 2. The summed E-state index contributed by atoms with van der Waals surface area (Å²) in [5, 5.41) is 14.1. The van der Waals surface area contributed by atoms with Crippen LogP contribution < -0.4 is 22.1 Å². The van der Waals surface area contributed by atoms with E-state index >= 15 is 0 Å². The van der Waals surface area contributed by atoms with E-state index in [0.29, 0.717) is 34.5 Å². The van der Waals surface area contributed by atoms with Crippen LogP contribution in [0.25, 0.3) is 0 Å². The Morgan fingerprint density at radius 3 is 2.54 bits per heavy atom. The van der Waals surface area contributed by atoms with Gasteiger partial charge in [-0.3, -0.25) is 9.59 Å². The summed E-state index contributed by atoms with van der Waals surface area (Å²) < 4.78 is 0. The average molecular weight is 404 g/mol. The summed E-state index contributed by atoms with van der Waals surface area (Å²) in [7, 11) is 0. The zero-order valence-corrected chi connectivity index (χ0v) is 17.0. The predicted octanol–water partition coefficient (Wildman–Crippen LogP) is 3.24. The summed E-state index contributed by atoms with van der Waals surface area (Å²) in [5.41, 5.74) is 12.8. The van der Waals surface area contributed by atoms with E-state index in [1.807, 2.05) is 0 Å². The zero-order valence-electron chi connectivity index (χ0n) is 16.1. The van der Waals surface area contributed by atoms with Gasteiger partial charge in [0.25, 0.3) is 5.91 Å². The average Bonchev–Trinajstić information content (AvgIpc) is 2.61. The third kappa shape index (κ3) is 6.60. The van der Waals surface area contributed by atoms with Gasteiger partial charge in [0.15, 0.2) is 0 Å². The Kier molecular flexibility index (Phi) is 7.92. The van der Waals surface area contributed by atoms with Crippen LogP contribution in [-0.2, 0) is 4.79 Å². The SMILES string of the molecule is CC(=N)/C=C(\S)Nc1cc(N[C@H](CC2CCCCC2)C(N)=O)ccc1C(N)=O. The summed E-state index contributed by atoms with van der Waals surface area (Å²) in [6.45, 7) is 1.62. The minimum Gasteiger partial charge on any atom is -0.374 e. The van der Waals surface area contributed by atoms with E-state index < -0.39 is 17.9 Å². The lowest BCUT2D eigenvalue weighted by molar-refractivity contribution is -0.119. The number of rotatable bonds is 9. The van der Waals surface area contributed by atoms with Crippen molar-refractivity contribution in [3.8, 4) is 0 Å². The summed E-state index contributed by atoms with van der Waals surface area (Å²) in [6, 6.07) is 4.50. The lowest BCUT2D eigenvalue weighted by Gasteiger charge is -2.26. The molecule has 7 nitrogen and oxygen atoms in total. The number of primary amides is 2. The molecule has 2 rings (SSSR count). The van der Waals surface area contributed by atoms with Gasteiger partial charge in [-0.1, -0.05) is 32.1 Å². The second kappa shape index (κ2) is 10.2. The molecule has 1 atom stereocenters. The summed E-state index contributed by atoms with van der Waals surface area (Å²) in [6.07, 6.45) is 8.10. The molecule has 152 valence electrons. The van der Waals surface area contributed by atoms with Gasteiger partial charge in [-0.15, -0.1) is 12.6 Å². The Morgan fingerprint density at radius 2 is 1.96 bits per heavy atom. The predicted molar refractivity (Wildman–Crippen MR) is 117 cm³/mol. The first-order valence-electron chi connectivity index (χ1n) is 9.48. The highest BCUT2D eigenvalue weighted by molar-refractivity contribution is 7.84. The highest BCUT2D eigenvalue weighted by atomic mass is 32.1. The molecule has 1 fully saturated rings. The Hall–Kier alpha value is -2.48. The van der Waals surface area contributed by atoms with Crippen LogP contribution >= 0.6 is 12.6 Å². The number of benzene rings is 1. The monoisotopic (exact) mass is 403 g/mol. The van der Waals surface area contributed by atoms with Gasteiger partial charge in [-0.2, -0.15) is 0 Å². The molecule has 0 aliphatic heterocycles. The summed E-state index contributed by atoms with van der Waals surface area (Å²) in [4.78, 5) is 23.7. The molecule has 7 N–H and O–H groups in total. The van der Waals surface area contributed by atoms with Gasteiger partial charge in [0.2, 0.25) is 5.91 Å². The van der Waals surface area contributed by atoms with Crippen molar-refractivity contribution in [1.82, 2.24) is 0 Å². The molecule has 0 saturated heterocycles. The van der Waals surface area contributed by atoms with Crippen LogP contribution in [-0.4, -0.2) is 23.6 Å². The molecule has 0 unspecified atom stereocenters. The van der Waals surface area contributed by atoms with E-state index in [0.717, 1.165) is 12.8 Å². The van der Waals surface area contributed by atoms with Gasteiger partial charge in [-0.05, 0) is 43.5 Å². The second-order valence-corrected chi connectivity index (χ2v) is 7.78. The van der Waals surface area contributed by atoms with Gasteiger partial charge in [-0.25, -0.2) is 0 Å². The molecule has 28 heavy (non-hydrogen) atoms. The second-order valence-electron chi connectivity index (χ2n) is 7.30. The smallest absolute Gasteiger partial charge is 0.250 e. The van der Waals surface area contributed by atoms with E-state index in [1.165, 1.54) is 25.3 Å². The third-order valence-corrected chi connectivity index (χ3v) is 5.12. The normalized spacial score (nSPS) is 16.3. The van der Waals surface area contributed by atoms with Crippen molar-refractivity contribution in [2.45, 2.75) is 51.5 Å². The minimum absolute atomic E-state index is 0.288. The van der Waals surface area contributed by atoms with E-state index in [9.17, 15) is 9.59 Å². The third-order valence-electron chi connectivity index (χ3n) is 4.88. The van der Waals surface area contributed by atoms with Crippen molar-refractivity contribution in [1.29, 1.82) is 5.41 Å². The molecule has 0 spiro atoms. The first-order valence-corrected chi connectivity index (χ1v) is 9.93. The van der Waals surface area contributed by atoms with E-state index in [1.54, 1.807) is 25.1 Å². The highest BCUT2D eigenvalue weighted by Crippen LogP contribution is 2.29. The van der Waals surface area contributed by atoms with Gasteiger partial charge in [0.05, 0.1) is 16.3 Å². The molecule has 1 aliphatic carbocycles. The van der Waals surface area contributed by atoms with Crippen molar-refractivity contribution >= 4 is 41.5 Å². The Morgan fingerprint density at radius 1 is 1.29 bits per heavy atom. The molecule has 2 amide bonds. The topological polar surface area (TPSA) is 134 Å². The number of thiol groups is 1. The zero-order chi connectivity index (χ0) is 20.7. The Balaban J connectivity index is 2.20. The first-order chi connectivity index (χ1) is 13.3. The van der Waals surface area contributed by atoms with E-state index in [2.05, 4.69) is 23.3 Å². The molecule has 1 aromatic carbocycles. The van der Waals surface area contributed by atoms with Crippen molar-refractivity contribution in [3.05, 3.63) is 34.9 Å². The Labute approximate surface area is 171 Å². The molecule has 0 bridgehead atoms. The maximum Gasteiger partial charge on any atom is 0.250 e. The van der Waals surface area contributed by atoms with Crippen LogP contribution in [0.2, 0.25) is 0 Å². The van der Waals surface area contributed by atoms with Gasteiger partial charge in [0.1, 0.15) is 6.04 Å². The number of hydrogen-bond acceptors (Lipinski definition) is 6. The number of anilines is 2. The van der Waals surface area contributed by atoms with Crippen LogP contribution in [0.15, 0.2) is 29.3 Å². The van der Waals surface area contributed by atoms with Crippen molar-refractivity contribution < 1.29 is 9.59 Å². The fraction of sp³-hybridized carbons (Fsp3) is 0.450. The molecule has 1 aliphatic rings. The van der Waals surface area contributed by atoms with Crippen LogP contribution in [0.1, 0.15) is 55.8 Å². The number of allylic oxidation sites excluding steroid dienone is 1. The van der Waals surface area contributed by atoms with Crippen molar-refractivity contribution in [2.24, 2.45) is 17.4 Å². The fourth-order valence-corrected chi connectivity index (χ4v) is 3.85. The number of carbonyl (C=O) groups is 2. The number of nitrogens with two attached hydrogens (primary N) is 2. The van der Waals surface area contributed by atoms with Gasteiger partial charge in [0, 0.05) is 11.4 Å². The molecule has 0 radical (unpaired) electrons. The van der Waals surface area contributed by atoms with E-state index in [-0.39, 0.29) is 5.56 Å². The van der Waals surface area contributed by atoms with Gasteiger partial charge >= 0.3 is 0 Å². The van der Waals surface area contributed by atoms with Crippen molar-refractivity contribution in [2.75, 3.05) is 10.6 Å². The van der Waals surface area contributed by atoms with Crippen LogP contribution in [0.3, 0.4) is 0 Å². The molecule has 8 heteroatoms. The largest absolute Gasteiger partial charge is 0.374 e. The lowest BCUT2D eigenvalue weighted by atomic mass is 9.84. The number of amides is 2. The highest BCUT2D eigenvalue weighted by Gasteiger charge is 2.23. The van der Waals surface area contributed by atoms with Crippen LogP contribution in [0.4, 0.5) is 11.4 Å². The quantitative estimate of drug-likeness (QED) is 0.279. The fourth-order valence-electron chi connectivity index (χ4n) is 3.54. The van der Waals surface area contributed by atoms with Crippen molar-refractivity contribution in [3.63, 3.8) is 0 Å². The number of hydrogen-bond donors (Lipinski definition) is 6. The first kappa shape index (κ1) is 21.8. The van der Waals surface area contributed by atoms with Crippen LogP contribution in [0.5, 0.6) is 0 Å². The van der Waals surface area contributed by atoms with Crippen LogP contribution in [0, 0.1) is 11.3 Å². The summed E-state index contributed by atoms with van der Waals surface area (Å²) >= 11 is 4.28. The molecular weight excluding hydrogens is 374 g/mol. The van der Waals surface area contributed by atoms with Gasteiger partial charge < -0.3 is 27.5 Å². The summed E-state index contributed by atoms with van der Waals surface area (Å²) in [5.74, 6) is -0.493. The standard InChI is InChI=1S/C20H29N5O2S/c1-12(21)9-18(28)25-16-11-14(7-8-15(16)19(22)26)24-17(20(23)27)10-13-5-3-2-4-6-13/h7-9,11,13,17,21,24-25,28H,2-6,10H2,1H3,(H2,22,26)(H2,23,27)/b18-9-,21-12?/t17-/m1/s1. The molecule has 1 saturated carbocycles. The lowest BCUT2D eigenvalue weighted by Crippen LogP contribution is -2.37. The molecule has 1 aromatic rings. The maximum atomic E-state index is 12.0. The molecule has 0 aromatic heterocycles. The Bertz CT molecular complexity index is 772. The minimum atomic E-state index is -0.588. The molecule has 0 heterocycles. The van der Waals surface area contributed by atoms with E-state index in [4.69, 9.17) is 16.9 Å². The molecular formula is C20H29N5O2S.